The summed E-state index contributed by atoms with van der Waals surface area (Å²) in [5, 5.41) is 14.2. The van der Waals surface area contributed by atoms with Crippen LogP contribution in [-0.4, -0.2) is 32.9 Å². The fraction of sp³-hybridized carbons (Fsp3) is 0.0952. The van der Waals surface area contributed by atoms with Crippen LogP contribution in [0.15, 0.2) is 77.7 Å². The van der Waals surface area contributed by atoms with Gasteiger partial charge in [0.2, 0.25) is 5.91 Å². The van der Waals surface area contributed by atoms with Gasteiger partial charge < -0.3 is 10.1 Å². The Hall–Kier alpha value is -3.63. The number of halogens is 1. The minimum absolute atomic E-state index is 0.175. The van der Waals surface area contributed by atoms with Crippen LogP contribution in [0.5, 0.6) is 5.75 Å². The first-order chi connectivity index (χ1) is 15.2. The molecule has 9 nitrogen and oxygen atoms in total. The van der Waals surface area contributed by atoms with Crippen molar-refractivity contribution >= 4 is 44.6 Å². The predicted octanol–water partition coefficient (Wildman–Crippen LogP) is 4.09. The highest BCUT2D eigenvalue weighted by molar-refractivity contribution is 7.93. The van der Waals surface area contributed by atoms with Crippen LogP contribution < -0.4 is 14.4 Å². The molecule has 0 aliphatic rings. The zero-order valence-electron chi connectivity index (χ0n) is 16.8. The van der Waals surface area contributed by atoms with Crippen molar-refractivity contribution in [3.05, 3.63) is 87.9 Å². The molecule has 0 saturated carbocycles. The third-order valence-corrected chi connectivity index (χ3v) is 6.51. The average molecular weight is 476 g/mol. The maximum Gasteiger partial charge on any atom is 0.289 e. The number of nitro benzene ring substituents is 1. The van der Waals surface area contributed by atoms with Crippen molar-refractivity contribution in [2.24, 2.45) is 0 Å². The first-order valence-corrected chi connectivity index (χ1v) is 11.0. The van der Waals surface area contributed by atoms with Crippen molar-refractivity contribution in [1.29, 1.82) is 0 Å². The monoisotopic (exact) mass is 475 g/mol. The summed E-state index contributed by atoms with van der Waals surface area (Å²) in [6.07, 6.45) is 0. The number of rotatable bonds is 8. The molecule has 0 heterocycles. The molecule has 3 aromatic rings. The second-order valence-electron chi connectivity index (χ2n) is 6.47. The molecular formula is C21H18ClN3O6S. The number of methoxy groups -OCH3 is 1. The highest BCUT2D eigenvalue weighted by atomic mass is 35.5. The molecule has 0 aliphatic carbocycles. The first-order valence-electron chi connectivity index (χ1n) is 9.18. The molecule has 32 heavy (non-hydrogen) atoms. The summed E-state index contributed by atoms with van der Waals surface area (Å²) in [4.78, 5) is 22.8. The third kappa shape index (κ3) is 4.98. The second kappa shape index (κ2) is 9.67. The number of carbonyl (C=O) groups excluding carboxylic acids is 1. The predicted molar refractivity (Wildman–Crippen MR) is 121 cm³/mol. The van der Waals surface area contributed by atoms with Gasteiger partial charge in [-0.3, -0.25) is 19.2 Å². The first kappa shape index (κ1) is 23.0. The van der Waals surface area contributed by atoms with Gasteiger partial charge in [0.1, 0.15) is 12.3 Å². The van der Waals surface area contributed by atoms with Crippen LogP contribution in [0.25, 0.3) is 0 Å². The van der Waals surface area contributed by atoms with E-state index in [1.165, 1.54) is 37.4 Å². The normalized spacial score (nSPS) is 10.9. The van der Waals surface area contributed by atoms with Gasteiger partial charge in [-0.1, -0.05) is 41.9 Å². The molecular weight excluding hydrogens is 458 g/mol. The van der Waals surface area contributed by atoms with Crippen molar-refractivity contribution in [3.8, 4) is 5.75 Å². The minimum atomic E-state index is -4.45. The Labute approximate surface area is 189 Å². The number of benzene rings is 3. The molecule has 3 rings (SSSR count). The lowest BCUT2D eigenvalue weighted by atomic mass is 10.3. The molecule has 166 valence electrons. The standard InChI is InChI=1S/C21H18ClN3O6S/c1-31-19-12-11-15(13-17(19)22)23-21(26)14-24(16-7-3-2-4-8-16)32(29,30)20-10-6-5-9-18(20)25(27)28/h2-13H,14H2,1H3,(H,23,26). The molecule has 0 fully saturated rings. The molecule has 0 bridgehead atoms. The van der Waals surface area contributed by atoms with Crippen LogP contribution in [0.2, 0.25) is 5.02 Å². The van der Waals surface area contributed by atoms with Crippen molar-refractivity contribution in [2.75, 3.05) is 23.3 Å². The van der Waals surface area contributed by atoms with Gasteiger partial charge in [-0.25, -0.2) is 8.42 Å². The number of carbonyl (C=O) groups is 1. The van der Waals surface area contributed by atoms with Gasteiger partial charge >= 0.3 is 0 Å². The molecule has 0 saturated heterocycles. The van der Waals surface area contributed by atoms with E-state index in [0.717, 1.165) is 16.4 Å². The number of hydrogen-bond acceptors (Lipinski definition) is 6. The number of nitro groups is 1. The number of anilines is 2. The smallest absolute Gasteiger partial charge is 0.289 e. The number of ether oxygens (including phenoxy) is 1. The zero-order valence-corrected chi connectivity index (χ0v) is 18.3. The molecule has 0 unspecified atom stereocenters. The largest absolute Gasteiger partial charge is 0.495 e. The number of hydrogen-bond donors (Lipinski definition) is 1. The minimum Gasteiger partial charge on any atom is -0.495 e. The summed E-state index contributed by atoms with van der Waals surface area (Å²) in [5.41, 5.74) is -0.0822. The van der Waals surface area contributed by atoms with E-state index in [1.807, 2.05) is 0 Å². The molecule has 0 radical (unpaired) electrons. The maximum absolute atomic E-state index is 13.4. The number of nitrogens with one attached hydrogen (secondary N) is 1. The summed E-state index contributed by atoms with van der Waals surface area (Å²) in [5.74, 6) is -0.258. The van der Waals surface area contributed by atoms with Gasteiger partial charge in [0.25, 0.3) is 15.7 Å². The van der Waals surface area contributed by atoms with Gasteiger partial charge in [-0.15, -0.1) is 0 Å². The van der Waals surface area contributed by atoms with E-state index in [0.29, 0.717) is 11.4 Å². The Balaban J connectivity index is 1.96. The van der Waals surface area contributed by atoms with Gasteiger partial charge in [0, 0.05) is 11.8 Å². The van der Waals surface area contributed by atoms with E-state index in [-0.39, 0.29) is 10.7 Å². The highest BCUT2D eigenvalue weighted by Crippen LogP contribution is 2.30. The van der Waals surface area contributed by atoms with Crippen LogP contribution >= 0.6 is 11.6 Å². The van der Waals surface area contributed by atoms with Gasteiger partial charge in [0.15, 0.2) is 4.90 Å². The topological polar surface area (TPSA) is 119 Å². The Kier molecular flexibility index (Phi) is 6.96. The quantitative estimate of drug-likeness (QED) is 0.387. The van der Waals surface area contributed by atoms with E-state index < -0.39 is 38.0 Å². The Morgan fingerprint density at radius 1 is 1.09 bits per heavy atom. The molecule has 0 aliphatic heterocycles. The van der Waals surface area contributed by atoms with Crippen molar-refractivity contribution in [3.63, 3.8) is 0 Å². The van der Waals surface area contributed by atoms with Gasteiger partial charge in [0.05, 0.1) is 22.7 Å². The lowest BCUT2D eigenvalue weighted by molar-refractivity contribution is -0.387. The molecule has 3 aromatic carbocycles. The Morgan fingerprint density at radius 3 is 2.38 bits per heavy atom. The van der Waals surface area contributed by atoms with Crippen LogP contribution in [0.3, 0.4) is 0 Å². The molecule has 1 N–H and O–H groups in total. The van der Waals surface area contributed by atoms with E-state index in [9.17, 15) is 23.3 Å². The fourth-order valence-corrected chi connectivity index (χ4v) is 4.77. The number of nitrogens with zero attached hydrogens (tertiary/aromatic N) is 2. The van der Waals surface area contributed by atoms with E-state index in [2.05, 4.69) is 5.32 Å². The summed E-state index contributed by atoms with van der Waals surface area (Å²) in [6.45, 7) is -0.623. The number of sulfonamides is 1. The van der Waals surface area contributed by atoms with Crippen molar-refractivity contribution < 1.29 is 22.9 Å². The third-order valence-electron chi connectivity index (χ3n) is 4.40. The lowest BCUT2D eigenvalue weighted by Crippen LogP contribution is -2.38. The van der Waals surface area contributed by atoms with E-state index in [1.54, 1.807) is 30.3 Å². The van der Waals surface area contributed by atoms with Gasteiger partial charge in [-0.2, -0.15) is 0 Å². The van der Waals surface area contributed by atoms with Crippen molar-refractivity contribution in [1.82, 2.24) is 0 Å². The summed E-state index contributed by atoms with van der Waals surface area (Å²) in [7, 11) is -3.00. The van der Waals surface area contributed by atoms with Crippen LogP contribution in [-0.2, 0) is 14.8 Å². The SMILES string of the molecule is COc1ccc(NC(=O)CN(c2ccccc2)S(=O)(=O)c2ccccc2[N+](=O)[O-])cc1Cl. The zero-order chi connectivity index (χ0) is 23.3. The molecule has 11 heteroatoms. The second-order valence-corrected chi connectivity index (χ2v) is 8.71. The fourth-order valence-electron chi connectivity index (χ4n) is 2.93. The molecule has 0 aromatic heterocycles. The summed E-state index contributed by atoms with van der Waals surface area (Å²) >= 11 is 6.07. The average Bonchev–Trinajstić information content (AvgIpc) is 2.78. The Morgan fingerprint density at radius 2 is 1.75 bits per heavy atom. The van der Waals surface area contributed by atoms with Crippen LogP contribution in [0.1, 0.15) is 0 Å². The lowest BCUT2D eigenvalue weighted by Gasteiger charge is -2.24. The molecule has 1 amide bonds. The molecule has 0 atom stereocenters. The van der Waals surface area contributed by atoms with Crippen molar-refractivity contribution in [2.45, 2.75) is 4.90 Å². The Bertz CT molecular complexity index is 1250. The summed E-state index contributed by atoms with van der Waals surface area (Å²) < 4.78 is 32.7. The van der Waals surface area contributed by atoms with E-state index in [4.69, 9.17) is 16.3 Å². The highest BCUT2D eigenvalue weighted by Gasteiger charge is 2.33. The summed E-state index contributed by atoms with van der Waals surface area (Å²) in [6, 6.07) is 17.4. The van der Waals surface area contributed by atoms with Crippen LogP contribution in [0, 0.1) is 10.1 Å². The number of para-hydroxylation sites is 2. The maximum atomic E-state index is 13.4. The van der Waals surface area contributed by atoms with Crippen LogP contribution in [0.4, 0.5) is 17.1 Å². The molecule has 0 spiro atoms. The van der Waals surface area contributed by atoms with Gasteiger partial charge in [-0.05, 0) is 36.4 Å². The van der Waals surface area contributed by atoms with E-state index >= 15 is 0 Å². The number of amides is 1.